The number of rotatable bonds is 3. The third-order valence-corrected chi connectivity index (χ3v) is 2.76. The van der Waals surface area contributed by atoms with E-state index in [0.29, 0.717) is 5.92 Å². The van der Waals surface area contributed by atoms with Crippen molar-refractivity contribution in [3.63, 3.8) is 0 Å². The van der Waals surface area contributed by atoms with Crippen LogP contribution in [0, 0.1) is 0 Å². The number of hydrogen-bond donors (Lipinski definition) is 2. The smallest absolute Gasteiger partial charge is 0.323 e. The summed E-state index contributed by atoms with van der Waals surface area (Å²) in [7, 11) is 0. The molecule has 0 aliphatic carbocycles. The summed E-state index contributed by atoms with van der Waals surface area (Å²) in [6.07, 6.45) is 5.50. The van der Waals surface area contributed by atoms with E-state index in [0.717, 1.165) is 31.8 Å². The fourth-order valence-electron chi connectivity index (χ4n) is 2.04. The molecule has 1 aliphatic rings. The first-order chi connectivity index (χ1) is 7.27. The van der Waals surface area contributed by atoms with Gasteiger partial charge in [-0.2, -0.15) is 0 Å². The first kappa shape index (κ1) is 10.2. The molecule has 5 heteroatoms. The minimum Gasteiger partial charge on any atom is -0.480 e. The van der Waals surface area contributed by atoms with Gasteiger partial charge in [-0.3, -0.25) is 4.79 Å². The molecular formula is C10H15N3O2. The molecular weight excluding hydrogens is 194 g/mol. The number of hydrogen-bond acceptors (Lipinski definition) is 3. The van der Waals surface area contributed by atoms with Crippen molar-refractivity contribution in [3.8, 4) is 0 Å². The van der Waals surface area contributed by atoms with Crippen LogP contribution in [0.4, 0.5) is 0 Å². The van der Waals surface area contributed by atoms with Crippen LogP contribution in [0.15, 0.2) is 12.4 Å². The minimum absolute atomic E-state index is 0.0132. The Balaban J connectivity index is 2.12. The molecule has 0 saturated carbocycles. The summed E-state index contributed by atoms with van der Waals surface area (Å²) in [4.78, 5) is 14.9. The Morgan fingerprint density at radius 2 is 2.33 bits per heavy atom. The Morgan fingerprint density at radius 3 is 3.00 bits per heavy atom. The number of aromatic nitrogens is 2. The highest BCUT2D eigenvalue weighted by Gasteiger charge is 2.20. The molecule has 0 bridgehead atoms. The summed E-state index contributed by atoms with van der Waals surface area (Å²) < 4.78 is 1.73. The van der Waals surface area contributed by atoms with E-state index >= 15 is 0 Å². The van der Waals surface area contributed by atoms with Gasteiger partial charge < -0.3 is 15.0 Å². The fraction of sp³-hybridized carbons (Fsp3) is 0.600. The second-order valence-electron chi connectivity index (χ2n) is 3.83. The number of nitrogens with zero attached hydrogens (tertiary/aromatic N) is 2. The average Bonchev–Trinajstić information content (AvgIpc) is 2.66. The highest BCUT2D eigenvalue weighted by atomic mass is 16.4. The normalized spacial score (nSPS) is 17.9. The maximum Gasteiger partial charge on any atom is 0.323 e. The number of carbonyl (C=O) groups is 1. The zero-order chi connectivity index (χ0) is 10.7. The minimum atomic E-state index is -0.816. The summed E-state index contributed by atoms with van der Waals surface area (Å²) in [5.74, 6) is 0.502. The molecule has 1 fully saturated rings. The molecule has 0 unspecified atom stereocenters. The molecule has 0 aromatic carbocycles. The lowest BCUT2D eigenvalue weighted by molar-refractivity contribution is -0.137. The molecule has 0 amide bonds. The van der Waals surface area contributed by atoms with Crippen molar-refractivity contribution in [3.05, 3.63) is 18.2 Å². The van der Waals surface area contributed by atoms with Crippen LogP contribution in [0.5, 0.6) is 0 Å². The van der Waals surface area contributed by atoms with Crippen LogP contribution in [0.3, 0.4) is 0 Å². The topological polar surface area (TPSA) is 67.1 Å². The largest absolute Gasteiger partial charge is 0.480 e. The van der Waals surface area contributed by atoms with E-state index in [-0.39, 0.29) is 6.54 Å². The SMILES string of the molecule is O=C(O)Cn1ccnc1C1CCNCC1. The molecule has 2 rings (SSSR count). The van der Waals surface area contributed by atoms with Gasteiger partial charge >= 0.3 is 5.97 Å². The van der Waals surface area contributed by atoms with Gasteiger partial charge in [0, 0.05) is 18.3 Å². The summed E-state index contributed by atoms with van der Waals surface area (Å²) in [6, 6.07) is 0. The lowest BCUT2D eigenvalue weighted by Crippen LogP contribution is -2.28. The van der Waals surface area contributed by atoms with E-state index in [4.69, 9.17) is 5.11 Å². The van der Waals surface area contributed by atoms with E-state index in [1.54, 1.807) is 17.0 Å². The number of imidazole rings is 1. The fourth-order valence-corrected chi connectivity index (χ4v) is 2.04. The third-order valence-electron chi connectivity index (χ3n) is 2.76. The predicted molar refractivity (Wildman–Crippen MR) is 54.7 cm³/mol. The van der Waals surface area contributed by atoms with Crippen LogP contribution in [0.25, 0.3) is 0 Å². The van der Waals surface area contributed by atoms with Crippen LogP contribution >= 0.6 is 0 Å². The Labute approximate surface area is 88.1 Å². The van der Waals surface area contributed by atoms with Gasteiger partial charge in [-0.25, -0.2) is 4.98 Å². The first-order valence-electron chi connectivity index (χ1n) is 5.21. The Morgan fingerprint density at radius 1 is 1.60 bits per heavy atom. The van der Waals surface area contributed by atoms with Gasteiger partial charge in [0.05, 0.1) is 0 Å². The van der Waals surface area contributed by atoms with E-state index in [9.17, 15) is 4.79 Å². The molecule has 2 heterocycles. The van der Waals surface area contributed by atoms with Gasteiger partial charge in [0.1, 0.15) is 12.4 Å². The monoisotopic (exact) mass is 209 g/mol. The van der Waals surface area contributed by atoms with Crippen LogP contribution in [0.2, 0.25) is 0 Å². The number of carboxylic acids is 1. The Hall–Kier alpha value is -1.36. The molecule has 1 saturated heterocycles. The quantitative estimate of drug-likeness (QED) is 0.757. The summed E-state index contributed by atoms with van der Waals surface area (Å²) in [5, 5.41) is 12.0. The van der Waals surface area contributed by atoms with E-state index in [1.165, 1.54) is 0 Å². The lowest BCUT2D eigenvalue weighted by atomic mass is 9.97. The van der Waals surface area contributed by atoms with Gasteiger partial charge in [0.2, 0.25) is 0 Å². The number of carboxylic acid groups (broad SMARTS) is 1. The van der Waals surface area contributed by atoms with Crippen molar-refractivity contribution >= 4 is 5.97 Å². The molecule has 1 aromatic heterocycles. The molecule has 1 aromatic rings. The van der Waals surface area contributed by atoms with Crippen molar-refractivity contribution in [1.82, 2.24) is 14.9 Å². The molecule has 5 nitrogen and oxygen atoms in total. The molecule has 15 heavy (non-hydrogen) atoms. The van der Waals surface area contributed by atoms with Gasteiger partial charge in [0.25, 0.3) is 0 Å². The van der Waals surface area contributed by atoms with Crippen LogP contribution in [-0.2, 0) is 11.3 Å². The predicted octanol–water partition coefficient (Wildman–Crippen LogP) is 0.435. The summed E-state index contributed by atoms with van der Waals surface area (Å²) in [5.41, 5.74) is 0. The van der Waals surface area contributed by atoms with Gasteiger partial charge in [0.15, 0.2) is 0 Å². The molecule has 0 spiro atoms. The van der Waals surface area contributed by atoms with Crippen molar-refractivity contribution < 1.29 is 9.90 Å². The number of piperidine rings is 1. The summed E-state index contributed by atoms with van der Waals surface area (Å²) >= 11 is 0. The first-order valence-corrected chi connectivity index (χ1v) is 5.21. The highest BCUT2D eigenvalue weighted by molar-refractivity contribution is 5.66. The van der Waals surface area contributed by atoms with Crippen molar-refractivity contribution in [1.29, 1.82) is 0 Å². The van der Waals surface area contributed by atoms with Crippen LogP contribution in [-0.4, -0.2) is 33.7 Å². The van der Waals surface area contributed by atoms with Crippen molar-refractivity contribution in [2.45, 2.75) is 25.3 Å². The lowest BCUT2D eigenvalue weighted by Gasteiger charge is -2.22. The maximum absolute atomic E-state index is 10.6. The van der Waals surface area contributed by atoms with Crippen molar-refractivity contribution in [2.24, 2.45) is 0 Å². The highest BCUT2D eigenvalue weighted by Crippen LogP contribution is 2.23. The van der Waals surface area contributed by atoms with Gasteiger partial charge in [-0.05, 0) is 25.9 Å². The van der Waals surface area contributed by atoms with E-state index in [1.807, 2.05) is 0 Å². The Kier molecular flexibility index (Phi) is 3.01. The Bertz CT molecular complexity index is 342. The van der Waals surface area contributed by atoms with E-state index in [2.05, 4.69) is 10.3 Å². The van der Waals surface area contributed by atoms with Crippen LogP contribution < -0.4 is 5.32 Å². The molecule has 1 aliphatic heterocycles. The average molecular weight is 209 g/mol. The molecule has 82 valence electrons. The second kappa shape index (κ2) is 4.44. The van der Waals surface area contributed by atoms with Gasteiger partial charge in [-0.1, -0.05) is 0 Å². The van der Waals surface area contributed by atoms with Crippen LogP contribution in [0.1, 0.15) is 24.6 Å². The zero-order valence-corrected chi connectivity index (χ0v) is 8.52. The second-order valence-corrected chi connectivity index (χ2v) is 3.83. The van der Waals surface area contributed by atoms with Crippen molar-refractivity contribution in [2.75, 3.05) is 13.1 Å². The van der Waals surface area contributed by atoms with Gasteiger partial charge in [-0.15, -0.1) is 0 Å². The standard InChI is InChI=1S/C10H15N3O2/c14-9(15)7-13-6-5-12-10(13)8-1-3-11-4-2-8/h5-6,8,11H,1-4,7H2,(H,14,15). The number of aliphatic carboxylic acids is 1. The van der Waals surface area contributed by atoms with E-state index < -0.39 is 5.97 Å². The molecule has 2 N–H and O–H groups in total. The third kappa shape index (κ3) is 2.36. The zero-order valence-electron chi connectivity index (χ0n) is 8.52. The number of nitrogens with one attached hydrogen (secondary N) is 1. The molecule has 0 atom stereocenters. The molecule has 0 radical (unpaired) electrons. The maximum atomic E-state index is 10.6. The summed E-state index contributed by atoms with van der Waals surface area (Å²) in [6.45, 7) is 1.99.